The molecule has 2 rings (SSSR count). The molecule has 0 fully saturated rings. The number of methoxy groups -OCH3 is 1. The van der Waals surface area contributed by atoms with Crippen LogP contribution in [-0.2, 0) is 6.54 Å². The fraction of sp³-hybridized carbons (Fsp3) is 0.231. The van der Waals surface area contributed by atoms with Crippen LogP contribution in [0.5, 0.6) is 5.75 Å². The van der Waals surface area contributed by atoms with E-state index in [1.165, 1.54) is 0 Å². The summed E-state index contributed by atoms with van der Waals surface area (Å²) in [6.07, 6.45) is 1.68. The molecule has 0 atom stereocenters. The highest BCUT2D eigenvalue weighted by Gasteiger charge is 2.06. The topological polar surface area (TPSA) is 34.4 Å². The van der Waals surface area contributed by atoms with E-state index >= 15 is 0 Å². The Morgan fingerprint density at radius 3 is 2.81 bits per heavy atom. The minimum absolute atomic E-state index is 0.776. The molecule has 3 heteroatoms. The number of rotatable bonds is 4. The van der Waals surface area contributed by atoms with Crippen LogP contribution in [0.2, 0.25) is 0 Å². The maximum absolute atomic E-state index is 5.36. The molecule has 0 amide bonds. The van der Waals surface area contributed by atoms with Crippen LogP contribution >= 0.6 is 0 Å². The maximum Gasteiger partial charge on any atom is 0.133 e. The molecule has 0 saturated heterocycles. The fourth-order valence-corrected chi connectivity index (χ4v) is 1.70. The Morgan fingerprint density at radius 1 is 1.31 bits per heavy atom. The summed E-state index contributed by atoms with van der Waals surface area (Å²) in [5.41, 5.74) is 2.19. The van der Waals surface area contributed by atoms with Crippen molar-refractivity contribution in [1.29, 1.82) is 0 Å². The molecule has 0 aliphatic heterocycles. The van der Waals surface area contributed by atoms with Crippen LogP contribution < -0.4 is 10.1 Å². The van der Waals surface area contributed by atoms with Gasteiger partial charge in [0.25, 0.3) is 0 Å². The molecule has 3 nitrogen and oxygen atoms in total. The van der Waals surface area contributed by atoms with Gasteiger partial charge in [-0.1, -0.05) is 0 Å². The predicted molar refractivity (Wildman–Crippen MR) is 63.5 cm³/mol. The van der Waals surface area contributed by atoms with Crippen molar-refractivity contribution in [2.75, 3.05) is 14.2 Å². The largest absolute Gasteiger partial charge is 0.496 e. The van der Waals surface area contributed by atoms with Crippen molar-refractivity contribution < 1.29 is 9.15 Å². The van der Waals surface area contributed by atoms with Crippen molar-refractivity contribution in [3.8, 4) is 17.1 Å². The molecule has 16 heavy (non-hydrogen) atoms. The monoisotopic (exact) mass is 217 g/mol. The van der Waals surface area contributed by atoms with Gasteiger partial charge in [-0.15, -0.1) is 0 Å². The molecule has 1 aromatic carbocycles. The van der Waals surface area contributed by atoms with E-state index in [1.54, 1.807) is 13.4 Å². The molecule has 0 aliphatic rings. The van der Waals surface area contributed by atoms with Gasteiger partial charge in [0.15, 0.2) is 0 Å². The zero-order valence-electron chi connectivity index (χ0n) is 9.49. The van der Waals surface area contributed by atoms with Gasteiger partial charge in [0.05, 0.1) is 13.4 Å². The first-order valence-electron chi connectivity index (χ1n) is 5.20. The number of hydrogen-bond donors (Lipinski definition) is 1. The van der Waals surface area contributed by atoms with E-state index in [9.17, 15) is 0 Å². The molecule has 1 heterocycles. The van der Waals surface area contributed by atoms with E-state index < -0.39 is 0 Å². The highest BCUT2D eigenvalue weighted by Crippen LogP contribution is 2.26. The summed E-state index contributed by atoms with van der Waals surface area (Å²) in [7, 11) is 3.60. The second-order valence-electron chi connectivity index (χ2n) is 3.53. The second-order valence-corrected chi connectivity index (χ2v) is 3.53. The Hall–Kier alpha value is -1.74. The van der Waals surface area contributed by atoms with Crippen LogP contribution in [0.1, 0.15) is 5.56 Å². The second kappa shape index (κ2) is 4.86. The lowest BCUT2D eigenvalue weighted by molar-refractivity contribution is 0.408. The van der Waals surface area contributed by atoms with Gasteiger partial charge in [-0.2, -0.15) is 0 Å². The fourth-order valence-electron chi connectivity index (χ4n) is 1.70. The summed E-state index contributed by atoms with van der Waals surface area (Å²) < 4.78 is 10.7. The normalized spacial score (nSPS) is 10.4. The van der Waals surface area contributed by atoms with Gasteiger partial charge in [-0.3, -0.25) is 0 Å². The predicted octanol–water partition coefficient (Wildman–Crippen LogP) is 2.67. The van der Waals surface area contributed by atoms with E-state index in [0.29, 0.717) is 0 Å². The van der Waals surface area contributed by atoms with Crippen LogP contribution in [0.3, 0.4) is 0 Å². The highest BCUT2D eigenvalue weighted by atomic mass is 16.5. The van der Waals surface area contributed by atoms with Gasteiger partial charge < -0.3 is 14.5 Å². The lowest BCUT2D eigenvalue weighted by Gasteiger charge is -2.09. The van der Waals surface area contributed by atoms with E-state index in [1.807, 2.05) is 31.3 Å². The van der Waals surface area contributed by atoms with E-state index in [2.05, 4.69) is 11.4 Å². The third-order valence-electron chi connectivity index (χ3n) is 2.45. The van der Waals surface area contributed by atoms with Crippen molar-refractivity contribution in [2.24, 2.45) is 0 Å². The summed E-state index contributed by atoms with van der Waals surface area (Å²) in [4.78, 5) is 0. The third-order valence-corrected chi connectivity index (χ3v) is 2.45. The number of ether oxygens (including phenoxy) is 1. The zero-order valence-corrected chi connectivity index (χ0v) is 9.49. The molecule has 0 spiro atoms. The van der Waals surface area contributed by atoms with Gasteiger partial charge in [-0.05, 0) is 37.4 Å². The molecule has 0 aliphatic carbocycles. The number of benzene rings is 1. The lowest BCUT2D eigenvalue weighted by Crippen LogP contribution is -2.06. The summed E-state index contributed by atoms with van der Waals surface area (Å²) in [5, 5.41) is 3.12. The first kappa shape index (κ1) is 10.8. The highest BCUT2D eigenvalue weighted by molar-refractivity contribution is 5.60. The summed E-state index contributed by atoms with van der Waals surface area (Å²) in [5.74, 6) is 1.77. The molecule has 1 aromatic heterocycles. The first-order valence-corrected chi connectivity index (χ1v) is 5.20. The van der Waals surface area contributed by atoms with E-state index in [4.69, 9.17) is 9.15 Å². The molecule has 84 valence electrons. The van der Waals surface area contributed by atoms with Gasteiger partial charge in [0.2, 0.25) is 0 Å². The van der Waals surface area contributed by atoms with Crippen LogP contribution in [0, 0.1) is 0 Å². The number of hydrogen-bond acceptors (Lipinski definition) is 3. The van der Waals surface area contributed by atoms with Crippen LogP contribution in [0.15, 0.2) is 41.0 Å². The SMILES string of the molecule is CNCc1cc(-c2ccco2)ccc1OC. The standard InChI is InChI=1S/C13H15NO2/c1-14-9-11-8-10(5-6-12(11)15-2)13-4-3-7-16-13/h3-8,14H,9H2,1-2H3. The first-order chi connectivity index (χ1) is 7.85. The van der Waals surface area contributed by atoms with Crippen molar-refractivity contribution in [2.45, 2.75) is 6.54 Å². The van der Waals surface area contributed by atoms with Crippen molar-refractivity contribution in [3.05, 3.63) is 42.2 Å². The van der Waals surface area contributed by atoms with Gasteiger partial charge in [0, 0.05) is 17.7 Å². The molecular weight excluding hydrogens is 202 g/mol. The molecule has 0 unspecified atom stereocenters. The van der Waals surface area contributed by atoms with Crippen molar-refractivity contribution >= 4 is 0 Å². The zero-order chi connectivity index (χ0) is 11.4. The minimum atomic E-state index is 0.776. The molecular formula is C13H15NO2. The molecule has 0 saturated carbocycles. The van der Waals surface area contributed by atoms with Gasteiger partial charge >= 0.3 is 0 Å². The smallest absolute Gasteiger partial charge is 0.133 e. The van der Waals surface area contributed by atoms with Crippen LogP contribution in [0.4, 0.5) is 0 Å². The Kier molecular flexibility index (Phi) is 3.27. The molecule has 2 aromatic rings. The molecule has 0 bridgehead atoms. The summed E-state index contributed by atoms with van der Waals surface area (Å²) in [6.45, 7) is 0.776. The van der Waals surface area contributed by atoms with Crippen molar-refractivity contribution in [1.82, 2.24) is 5.32 Å². The quantitative estimate of drug-likeness (QED) is 0.855. The van der Waals surface area contributed by atoms with E-state index in [0.717, 1.165) is 29.2 Å². The Labute approximate surface area is 95.0 Å². The minimum Gasteiger partial charge on any atom is -0.496 e. The number of nitrogens with one attached hydrogen (secondary N) is 1. The third kappa shape index (κ3) is 2.09. The maximum atomic E-state index is 5.36. The Bertz CT molecular complexity index is 449. The summed E-state index contributed by atoms with van der Waals surface area (Å²) >= 11 is 0. The average molecular weight is 217 g/mol. The van der Waals surface area contributed by atoms with Gasteiger partial charge in [0.1, 0.15) is 11.5 Å². The average Bonchev–Trinajstić information content (AvgIpc) is 2.83. The van der Waals surface area contributed by atoms with Crippen LogP contribution in [-0.4, -0.2) is 14.2 Å². The Morgan fingerprint density at radius 2 is 2.19 bits per heavy atom. The number of furan rings is 1. The van der Waals surface area contributed by atoms with Crippen LogP contribution in [0.25, 0.3) is 11.3 Å². The van der Waals surface area contributed by atoms with E-state index in [-0.39, 0.29) is 0 Å². The summed E-state index contributed by atoms with van der Waals surface area (Å²) in [6, 6.07) is 9.87. The Balaban J connectivity index is 2.39. The molecule has 0 radical (unpaired) electrons. The lowest BCUT2D eigenvalue weighted by atomic mass is 10.1. The van der Waals surface area contributed by atoms with Crippen molar-refractivity contribution in [3.63, 3.8) is 0 Å². The van der Waals surface area contributed by atoms with Gasteiger partial charge in [-0.25, -0.2) is 0 Å². The molecule has 1 N–H and O–H groups in total.